The Hall–Kier alpha value is -0.740. The monoisotopic (exact) mass is 255 g/mol. The van der Waals surface area contributed by atoms with E-state index in [0.717, 1.165) is 10.0 Å². The number of nitrogens with zero attached hydrogens (tertiary/aromatic N) is 1. The highest BCUT2D eigenvalue weighted by Gasteiger charge is 2.16. The summed E-state index contributed by atoms with van der Waals surface area (Å²) in [6.07, 6.45) is 1.60. The molecule has 1 aliphatic heterocycles. The highest BCUT2D eigenvalue weighted by Crippen LogP contribution is 2.22. The largest absolute Gasteiger partial charge is 0.455 e. The third-order valence-electron chi connectivity index (χ3n) is 1.74. The van der Waals surface area contributed by atoms with Crippen LogP contribution in [-0.4, -0.2) is 11.4 Å². The minimum Gasteiger partial charge on any atom is -0.455 e. The van der Waals surface area contributed by atoms with Crippen LogP contribution in [0.3, 0.4) is 0 Å². The molecule has 0 saturated carbocycles. The second-order valence-corrected chi connectivity index (χ2v) is 3.90. The third-order valence-corrected chi connectivity index (χ3v) is 2.47. The molecular weight excluding hydrogens is 250 g/mol. The summed E-state index contributed by atoms with van der Waals surface area (Å²) in [7, 11) is 0. The van der Waals surface area contributed by atoms with Gasteiger partial charge in [-0.3, -0.25) is 0 Å². The molecule has 66 valence electrons. The maximum atomic E-state index is 5.28. The normalized spacial score (nSPS) is 20.4. The zero-order chi connectivity index (χ0) is 9.26. The lowest BCUT2D eigenvalue weighted by molar-refractivity contribution is 0.282. The fraction of sp³-hybridized carbons (Fsp3) is 0.111. The van der Waals surface area contributed by atoms with Crippen LogP contribution in [0.5, 0.6) is 0 Å². The maximum absolute atomic E-state index is 5.28. The van der Waals surface area contributed by atoms with Crippen LogP contribution in [0.1, 0.15) is 11.7 Å². The highest BCUT2D eigenvalue weighted by atomic mass is 79.9. The Balaban J connectivity index is 2.22. The Morgan fingerprint density at radius 3 is 2.54 bits per heavy atom. The minimum absolute atomic E-state index is 0.111. The van der Waals surface area contributed by atoms with Crippen LogP contribution in [0.25, 0.3) is 0 Å². The highest BCUT2D eigenvalue weighted by molar-refractivity contribution is 9.10. The molecule has 13 heavy (non-hydrogen) atoms. The SMILES string of the molecule is S=C1N=CC(c2ccc(Br)cc2)O1. The zero-order valence-electron chi connectivity index (χ0n) is 6.61. The molecule has 0 fully saturated rings. The van der Waals surface area contributed by atoms with E-state index in [1.54, 1.807) is 6.21 Å². The van der Waals surface area contributed by atoms with E-state index in [-0.39, 0.29) is 6.10 Å². The Kier molecular flexibility index (Phi) is 2.42. The standard InChI is InChI=1S/C9H6BrNOS/c10-7-3-1-6(2-4-7)8-5-11-9(13)12-8/h1-5,8H. The van der Waals surface area contributed by atoms with Crippen LogP contribution in [0.2, 0.25) is 0 Å². The predicted octanol–water partition coefficient (Wildman–Crippen LogP) is 2.88. The number of rotatable bonds is 1. The molecule has 0 aliphatic carbocycles. The summed E-state index contributed by atoms with van der Waals surface area (Å²) in [4.78, 5) is 3.89. The van der Waals surface area contributed by atoms with Crippen molar-refractivity contribution in [2.75, 3.05) is 0 Å². The average molecular weight is 256 g/mol. The second-order valence-electron chi connectivity index (χ2n) is 2.63. The Labute approximate surface area is 89.8 Å². The topological polar surface area (TPSA) is 21.6 Å². The fourth-order valence-corrected chi connectivity index (χ4v) is 1.53. The Bertz CT molecular complexity index is 360. The number of halogens is 1. The first-order chi connectivity index (χ1) is 6.25. The van der Waals surface area contributed by atoms with Gasteiger partial charge >= 0.3 is 0 Å². The minimum atomic E-state index is -0.111. The number of hydrogen-bond donors (Lipinski definition) is 0. The van der Waals surface area contributed by atoms with Gasteiger partial charge in [0.1, 0.15) is 0 Å². The van der Waals surface area contributed by atoms with Gasteiger partial charge in [0.05, 0.1) is 6.21 Å². The van der Waals surface area contributed by atoms with Gasteiger partial charge in [0, 0.05) is 4.47 Å². The molecule has 0 saturated heterocycles. The van der Waals surface area contributed by atoms with E-state index in [2.05, 4.69) is 20.9 Å². The molecule has 0 N–H and O–H groups in total. The van der Waals surface area contributed by atoms with Gasteiger partial charge in [0.15, 0.2) is 6.10 Å². The van der Waals surface area contributed by atoms with Crippen molar-refractivity contribution in [1.29, 1.82) is 0 Å². The molecule has 1 aromatic carbocycles. The molecule has 2 rings (SSSR count). The molecule has 0 aromatic heterocycles. The third kappa shape index (κ3) is 1.95. The fourth-order valence-electron chi connectivity index (χ4n) is 1.10. The average Bonchev–Trinajstić information content (AvgIpc) is 2.53. The first-order valence-corrected chi connectivity index (χ1v) is 4.96. The Morgan fingerprint density at radius 2 is 2.00 bits per heavy atom. The molecule has 1 heterocycles. The smallest absolute Gasteiger partial charge is 0.284 e. The lowest BCUT2D eigenvalue weighted by Gasteiger charge is -2.07. The van der Waals surface area contributed by atoms with E-state index < -0.39 is 0 Å². The van der Waals surface area contributed by atoms with Gasteiger partial charge < -0.3 is 4.74 Å². The van der Waals surface area contributed by atoms with Crippen LogP contribution in [-0.2, 0) is 4.74 Å². The van der Waals surface area contributed by atoms with Crippen molar-refractivity contribution in [2.24, 2.45) is 4.99 Å². The van der Waals surface area contributed by atoms with Crippen molar-refractivity contribution >= 4 is 39.5 Å². The molecule has 1 atom stereocenters. The van der Waals surface area contributed by atoms with E-state index in [0.29, 0.717) is 5.17 Å². The summed E-state index contributed by atoms with van der Waals surface area (Å²) in [5.74, 6) is 0. The maximum Gasteiger partial charge on any atom is 0.284 e. The summed E-state index contributed by atoms with van der Waals surface area (Å²) in [5.41, 5.74) is 1.06. The predicted molar refractivity (Wildman–Crippen MR) is 59.1 cm³/mol. The molecule has 0 amide bonds. The quantitative estimate of drug-likeness (QED) is 0.720. The summed E-state index contributed by atoms with van der Waals surface area (Å²) >= 11 is 8.16. The number of thiocarbonyl (C=S) groups is 1. The van der Waals surface area contributed by atoms with Crippen LogP contribution < -0.4 is 0 Å². The van der Waals surface area contributed by atoms with Gasteiger partial charge in [0.25, 0.3) is 5.17 Å². The molecule has 1 unspecified atom stereocenters. The van der Waals surface area contributed by atoms with Crippen LogP contribution in [0.4, 0.5) is 0 Å². The molecule has 0 spiro atoms. The van der Waals surface area contributed by atoms with Gasteiger partial charge in [-0.1, -0.05) is 28.1 Å². The number of aliphatic imine (C=N–C) groups is 1. The van der Waals surface area contributed by atoms with Gasteiger partial charge in [-0.2, -0.15) is 0 Å². The van der Waals surface area contributed by atoms with Crippen LogP contribution in [0, 0.1) is 0 Å². The second kappa shape index (κ2) is 3.55. The van der Waals surface area contributed by atoms with Gasteiger partial charge in [0.2, 0.25) is 0 Å². The van der Waals surface area contributed by atoms with E-state index >= 15 is 0 Å². The summed E-state index contributed by atoms with van der Waals surface area (Å²) in [6, 6.07) is 7.89. The zero-order valence-corrected chi connectivity index (χ0v) is 9.01. The van der Waals surface area contributed by atoms with Crippen molar-refractivity contribution in [2.45, 2.75) is 6.10 Å². The lowest BCUT2D eigenvalue weighted by Crippen LogP contribution is -2.00. The van der Waals surface area contributed by atoms with E-state index in [4.69, 9.17) is 17.0 Å². The van der Waals surface area contributed by atoms with Crippen molar-refractivity contribution in [3.63, 3.8) is 0 Å². The van der Waals surface area contributed by atoms with E-state index in [1.807, 2.05) is 24.3 Å². The molecule has 4 heteroatoms. The van der Waals surface area contributed by atoms with Crippen molar-refractivity contribution in [3.8, 4) is 0 Å². The molecular formula is C9H6BrNOS. The van der Waals surface area contributed by atoms with Gasteiger partial charge in [-0.15, -0.1) is 0 Å². The molecule has 1 aromatic rings. The summed E-state index contributed by atoms with van der Waals surface area (Å²) < 4.78 is 6.33. The summed E-state index contributed by atoms with van der Waals surface area (Å²) in [6.45, 7) is 0. The van der Waals surface area contributed by atoms with E-state index in [1.165, 1.54) is 0 Å². The van der Waals surface area contributed by atoms with Crippen LogP contribution in [0.15, 0.2) is 33.7 Å². The first-order valence-electron chi connectivity index (χ1n) is 3.76. The van der Waals surface area contributed by atoms with Crippen molar-refractivity contribution in [1.82, 2.24) is 0 Å². The van der Waals surface area contributed by atoms with Crippen molar-refractivity contribution < 1.29 is 4.74 Å². The lowest BCUT2D eigenvalue weighted by atomic mass is 10.1. The molecule has 1 aliphatic rings. The van der Waals surface area contributed by atoms with Gasteiger partial charge in [-0.05, 0) is 29.9 Å². The van der Waals surface area contributed by atoms with Crippen molar-refractivity contribution in [3.05, 3.63) is 34.3 Å². The number of hydrogen-bond acceptors (Lipinski definition) is 2. The number of ether oxygens (including phenoxy) is 1. The molecule has 0 bridgehead atoms. The van der Waals surface area contributed by atoms with Gasteiger partial charge in [-0.25, -0.2) is 4.99 Å². The molecule has 0 radical (unpaired) electrons. The van der Waals surface area contributed by atoms with Crippen LogP contribution >= 0.6 is 28.1 Å². The first kappa shape index (κ1) is 8.84. The molecule has 2 nitrogen and oxygen atoms in total. The Morgan fingerprint density at radius 1 is 1.31 bits per heavy atom. The van der Waals surface area contributed by atoms with E-state index in [9.17, 15) is 0 Å². The summed E-state index contributed by atoms with van der Waals surface area (Å²) in [5, 5.41) is 0.313. The number of benzene rings is 1.